The van der Waals surface area contributed by atoms with Crippen LogP contribution in [0.15, 0.2) is 23.6 Å². The van der Waals surface area contributed by atoms with Gasteiger partial charge in [0.25, 0.3) is 5.91 Å². The number of nitrogens with one attached hydrogen (secondary N) is 1. The topological polar surface area (TPSA) is 60.3 Å². The minimum atomic E-state index is -0.889. The Morgan fingerprint density at radius 2 is 2.00 bits per heavy atom. The molecule has 1 aliphatic carbocycles. The molecule has 5 nitrogen and oxygen atoms in total. The predicted molar refractivity (Wildman–Crippen MR) is 103 cm³/mol. The van der Waals surface area contributed by atoms with Crippen LogP contribution in [-0.2, 0) is 16.1 Å². The summed E-state index contributed by atoms with van der Waals surface area (Å²) in [5.74, 6) is -0.527. The molecule has 1 N–H and O–H groups in total. The smallest absolute Gasteiger partial charge is 0.331 e. The van der Waals surface area contributed by atoms with E-state index in [0.29, 0.717) is 18.4 Å². The van der Waals surface area contributed by atoms with E-state index in [0.717, 1.165) is 37.2 Å². The van der Waals surface area contributed by atoms with Crippen LogP contribution in [0.5, 0.6) is 0 Å². The highest BCUT2D eigenvalue weighted by molar-refractivity contribution is 7.09. The molecule has 2 aromatic heterocycles. The fourth-order valence-electron chi connectivity index (χ4n) is 3.85. The van der Waals surface area contributed by atoms with Gasteiger partial charge in [-0.15, -0.1) is 11.3 Å². The first-order valence-electron chi connectivity index (χ1n) is 9.07. The molecular formula is C20H26N2O3S. The second kappa shape index (κ2) is 7.66. The van der Waals surface area contributed by atoms with Crippen LogP contribution < -0.4 is 5.32 Å². The highest BCUT2D eigenvalue weighted by Crippen LogP contribution is 2.30. The molecule has 3 rings (SSSR count). The van der Waals surface area contributed by atoms with Gasteiger partial charge in [-0.25, -0.2) is 4.79 Å². The van der Waals surface area contributed by atoms with E-state index in [2.05, 4.69) is 21.3 Å². The molecule has 0 aliphatic heterocycles. The third kappa shape index (κ3) is 3.56. The Balaban J connectivity index is 1.84. The molecule has 0 bridgehead atoms. The summed E-state index contributed by atoms with van der Waals surface area (Å²) in [6.07, 6.45) is 4.21. The van der Waals surface area contributed by atoms with Crippen molar-refractivity contribution >= 4 is 23.2 Å². The second-order valence-electron chi connectivity index (χ2n) is 7.04. The minimum Gasteiger partial charge on any atom is -0.467 e. The van der Waals surface area contributed by atoms with Gasteiger partial charge in [0.1, 0.15) is 5.54 Å². The van der Waals surface area contributed by atoms with Crippen molar-refractivity contribution in [2.75, 3.05) is 7.11 Å². The molecule has 1 aliphatic rings. The van der Waals surface area contributed by atoms with Crippen LogP contribution in [0, 0.1) is 13.8 Å². The van der Waals surface area contributed by atoms with Crippen LogP contribution in [0.25, 0.3) is 0 Å². The van der Waals surface area contributed by atoms with Crippen molar-refractivity contribution in [1.82, 2.24) is 9.88 Å². The second-order valence-corrected chi connectivity index (χ2v) is 8.07. The van der Waals surface area contributed by atoms with Crippen molar-refractivity contribution in [2.45, 2.75) is 58.0 Å². The van der Waals surface area contributed by atoms with E-state index < -0.39 is 5.54 Å². The molecule has 0 unspecified atom stereocenters. The van der Waals surface area contributed by atoms with Gasteiger partial charge in [-0.3, -0.25) is 4.79 Å². The summed E-state index contributed by atoms with van der Waals surface area (Å²) in [6, 6.07) is 6.04. The van der Waals surface area contributed by atoms with Crippen LogP contribution in [0.4, 0.5) is 0 Å². The van der Waals surface area contributed by atoms with Crippen molar-refractivity contribution < 1.29 is 14.3 Å². The molecule has 1 saturated carbocycles. The number of aryl methyl sites for hydroxylation is 1. The highest BCUT2D eigenvalue weighted by atomic mass is 32.1. The number of aromatic nitrogens is 1. The SMILES string of the molecule is COC(=O)C1(NC(=O)c2cc(C)n(Cc3cccs3)c2C)CCCCC1. The lowest BCUT2D eigenvalue weighted by Gasteiger charge is -2.35. The number of carbonyl (C=O) groups is 2. The number of nitrogens with zero attached hydrogens (tertiary/aromatic N) is 1. The number of ether oxygens (including phenoxy) is 1. The number of methoxy groups -OCH3 is 1. The van der Waals surface area contributed by atoms with Crippen molar-refractivity contribution in [1.29, 1.82) is 0 Å². The molecule has 0 spiro atoms. The van der Waals surface area contributed by atoms with E-state index in [9.17, 15) is 9.59 Å². The van der Waals surface area contributed by atoms with E-state index in [1.807, 2.05) is 26.0 Å². The molecule has 26 heavy (non-hydrogen) atoms. The monoisotopic (exact) mass is 374 g/mol. The summed E-state index contributed by atoms with van der Waals surface area (Å²) < 4.78 is 7.15. The molecule has 0 saturated heterocycles. The van der Waals surface area contributed by atoms with Crippen LogP contribution in [0.1, 0.15) is 58.7 Å². The van der Waals surface area contributed by atoms with Crippen molar-refractivity contribution in [2.24, 2.45) is 0 Å². The van der Waals surface area contributed by atoms with Gasteiger partial charge in [0.15, 0.2) is 0 Å². The van der Waals surface area contributed by atoms with Gasteiger partial charge in [0.05, 0.1) is 19.2 Å². The number of amides is 1. The van der Waals surface area contributed by atoms with Crippen molar-refractivity contribution in [3.63, 3.8) is 0 Å². The minimum absolute atomic E-state index is 0.192. The molecule has 0 radical (unpaired) electrons. The first kappa shape index (κ1) is 18.7. The number of thiophene rings is 1. The molecule has 6 heteroatoms. The Morgan fingerprint density at radius 1 is 1.27 bits per heavy atom. The van der Waals surface area contributed by atoms with Gasteiger partial charge in [-0.1, -0.05) is 25.3 Å². The molecule has 2 heterocycles. The van der Waals surface area contributed by atoms with Gasteiger partial charge >= 0.3 is 5.97 Å². The number of rotatable bonds is 5. The van der Waals surface area contributed by atoms with Crippen molar-refractivity contribution in [3.05, 3.63) is 45.4 Å². The van der Waals surface area contributed by atoms with Gasteiger partial charge < -0.3 is 14.6 Å². The predicted octanol–water partition coefficient (Wildman–Crippen LogP) is 3.82. The van der Waals surface area contributed by atoms with Gasteiger partial charge in [-0.05, 0) is 44.2 Å². The molecule has 0 aromatic carbocycles. The fraction of sp³-hybridized carbons (Fsp3) is 0.500. The molecule has 2 aromatic rings. The maximum Gasteiger partial charge on any atom is 0.331 e. The molecule has 1 amide bonds. The number of esters is 1. The van der Waals surface area contributed by atoms with E-state index in [1.54, 1.807) is 11.3 Å². The van der Waals surface area contributed by atoms with Crippen LogP contribution in [0.2, 0.25) is 0 Å². The molecular weight excluding hydrogens is 348 g/mol. The lowest BCUT2D eigenvalue weighted by Crippen LogP contribution is -2.56. The first-order chi connectivity index (χ1) is 12.5. The standard InChI is InChI=1S/C20H26N2O3S/c1-14-12-17(15(2)22(14)13-16-8-7-11-26-16)18(23)21-20(19(24)25-3)9-5-4-6-10-20/h7-8,11-12H,4-6,9-10,13H2,1-3H3,(H,21,23). The Labute approximate surface area is 158 Å². The zero-order valence-corrected chi connectivity index (χ0v) is 16.4. The first-order valence-corrected chi connectivity index (χ1v) is 9.95. The average Bonchev–Trinajstić information content (AvgIpc) is 3.25. The summed E-state index contributed by atoms with van der Waals surface area (Å²) in [5, 5.41) is 5.07. The molecule has 140 valence electrons. The van der Waals surface area contributed by atoms with E-state index in [1.165, 1.54) is 12.0 Å². The van der Waals surface area contributed by atoms with E-state index in [-0.39, 0.29) is 11.9 Å². The van der Waals surface area contributed by atoms with E-state index in [4.69, 9.17) is 4.74 Å². The molecule has 0 atom stereocenters. The number of carbonyl (C=O) groups excluding carboxylic acids is 2. The third-order valence-corrected chi connectivity index (χ3v) is 6.21. The van der Waals surface area contributed by atoms with Crippen LogP contribution in [-0.4, -0.2) is 29.1 Å². The quantitative estimate of drug-likeness (QED) is 0.810. The summed E-state index contributed by atoms with van der Waals surface area (Å²) in [5.41, 5.74) is 1.70. The van der Waals surface area contributed by atoms with Crippen molar-refractivity contribution in [3.8, 4) is 0 Å². The van der Waals surface area contributed by atoms with E-state index >= 15 is 0 Å². The lowest BCUT2D eigenvalue weighted by atomic mass is 9.81. The van der Waals surface area contributed by atoms with Crippen LogP contribution in [0.3, 0.4) is 0 Å². The normalized spacial score (nSPS) is 16.3. The lowest BCUT2D eigenvalue weighted by molar-refractivity contribution is -0.149. The molecule has 1 fully saturated rings. The third-order valence-electron chi connectivity index (χ3n) is 5.35. The Kier molecular flexibility index (Phi) is 5.51. The summed E-state index contributed by atoms with van der Waals surface area (Å²) in [7, 11) is 1.39. The van der Waals surface area contributed by atoms with Gasteiger partial charge in [-0.2, -0.15) is 0 Å². The maximum absolute atomic E-state index is 13.0. The number of hydrogen-bond acceptors (Lipinski definition) is 4. The zero-order valence-electron chi connectivity index (χ0n) is 15.6. The average molecular weight is 375 g/mol. The highest BCUT2D eigenvalue weighted by Gasteiger charge is 2.42. The Hall–Kier alpha value is -2.08. The van der Waals surface area contributed by atoms with Crippen LogP contribution >= 0.6 is 11.3 Å². The number of hydrogen-bond donors (Lipinski definition) is 1. The fourth-order valence-corrected chi connectivity index (χ4v) is 4.54. The zero-order chi connectivity index (χ0) is 18.7. The largest absolute Gasteiger partial charge is 0.467 e. The summed E-state index contributed by atoms with van der Waals surface area (Å²) in [6.45, 7) is 4.72. The van der Waals surface area contributed by atoms with Gasteiger partial charge in [0, 0.05) is 16.3 Å². The van der Waals surface area contributed by atoms with Gasteiger partial charge in [0.2, 0.25) is 0 Å². The Bertz CT molecular complexity index is 786. The summed E-state index contributed by atoms with van der Waals surface area (Å²) in [4.78, 5) is 26.6. The Morgan fingerprint density at radius 3 is 2.62 bits per heavy atom. The summed E-state index contributed by atoms with van der Waals surface area (Å²) >= 11 is 1.70. The maximum atomic E-state index is 13.0.